The van der Waals surface area contributed by atoms with Gasteiger partial charge in [0, 0.05) is 18.1 Å². The molecule has 2 aliphatic heterocycles. The van der Waals surface area contributed by atoms with Crippen LogP contribution in [0.15, 0.2) is 114 Å². The van der Waals surface area contributed by atoms with Crippen LogP contribution in [-0.2, 0) is 18.8 Å². The number of fused-ring (bicyclic) bond motifs is 3. The Hall–Kier alpha value is -4.63. The highest BCUT2D eigenvalue weighted by Crippen LogP contribution is 2.51. The molecule has 2 saturated heterocycles. The number of amides is 2. The molecule has 0 spiro atoms. The van der Waals surface area contributed by atoms with E-state index in [0.29, 0.717) is 22.2 Å². The smallest absolute Gasteiger partial charge is 0.271 e. The zero-order valence-electron chi connectivity index (χ0n) is 34.2. The van der Waals surface area contributed by atoms with Crippen LogP contribution in [0.1, 0.15) is 65.4 Å². The van der Waals surface area contributed by atoms with Crippen molar-refractivity contribution in [2.75, 3.05) is 25.2 Å². The van der Waals surface area contributed by atoms with Crippen molar-refractivity contribution in [2.24, 2.45) is 17.8 Å². The molecule has 1 N–H and O–H groups in total. The second-order valence-electron chi connectivity index (χ2n) is 16.7. The van der Waals surface area contributed by atoms with Crippen LogP contribution in [0.3, 0.4) is 0 Å². The molecule has 0 radical (unpaired) electrons. The Balaban J connectivity index is 1.28. The van der Waals surface area contributed by atoms with Crippen molar-refractivity contribution in [3.05, 3.63) is 133 Å². The van der Waals surface area contributed by atoms with Gasteiger partial charge in [0.1, 0.15) is 0 Å². The van der Waals surface area contributed by atoms with Crippen molar-refractivity contribution < 1.29 is 33.5 Å². The molecule has 308 valence electrons. The van der Waals surface area contributed by atoms with Crippen LogP contribution in [0.5, 0.6) is 11.5 Å². The number of hydrogen-bond donors (Lipinski definition) is 1. The van der Waals surface area contributed by atoms with E-state index >= 15 is 0 Å². The fourth-order valence-corrected chi connectivity index (χ4v) is 14.7. The SMILES string of the molecule is CCC/C(=C\c1cc(I)c(O)c(OC)c1)CC[C@H]1OC[C@H]2C1=C(CO[Si](c1ccccc1)(c1ccccc1)C(C)(C)C)C[C@H]1C(=O)N(c3cccc([N+](=O)[O-])c3)C(=O)[C@H]12. The average molecular weight is 927 g/mol. The van der Waals surface area contributed by atoms with Gasteiger partial charge in [0.05, 0.1) is 52.4 Å². The molecule has 4 atom stereocenters. The minimum absolute atomic E-state index is 0.118. The number of nitro groups is 1. The van der Waals surface area contributed by atoms with Gasteiger partial charge in [-0.05, 0) is 98.6 Å². The number of imide groups is 1. The van der Waals surface area contributed by atoms with E-state index in [1.165, 1.54) is 23.8 Å². The summed E-state index contributed by atoms with van der Waals surface area (Å²) in [5.41, 5.74) is 4.23. The number of allylic oxidation sites excluding steroid dienone is 1. The Bertz CT molecular complexity index is 2250. The van der Waals surface area contributed by atoms with Crippen molar-refractivity contribution in [1.29, 1.82) is 0 Å². The van der Waals surface area contributed by atoms with Crippen LogP contribution < -0.4 is 20.0 Å². The number of anilines is 1. The van der Waals surface area contributed by atoms with E-state index in [-0.39, 0.29) is 59.2 Å². The number of halogens is 1. The maximum Gasteiger partial charge on any atom is 0.271 e. The third-order valence-corrected chi connectivity index (χ3v) is 17.9. The minimum Gasteiger partial charge on any atom is -0.504 e. The number of hydrogen-bond acceptors (Lipinski definition) is 8. The molecule has 0 unspecified atom stereocenters. The molecule has 7 rings (SSSR count). The number of rotatable bonds is 14. The van der Waals surface area contributed by atoms with Crippen molar-refractivity contribution >= 4 is 70.5 Å². The van der Waals surface area contributed by atoms with Gasteiger partial charge in [0.25, 0.3) is 14.0 Å². The third-order valence-electron chi connectivity index (χ3n) is 12.1. The summed E-state index contributed by atoms with van der Waals surface area (Å²) in [7, 11) is -1.45. The number of aromatic hydroxyl groups is 1. The predicted molar refractivity (Wildman–Crippen MR) is 241 cm³/mol. The van der Waals surface area contributed by atoms with Crippen LogP contribution in [0.4, 0.5) is 11.4 Å². The van der Waals surface area contributed by atoms with Gasteiger partial charge in [0.2, 0.25) is 11.8 Å². The highest BCUT2D eigenvalue weighted by Gasteiger charge is 2.58. The van der Waals surface area contributed by atoms with Crippen LogP contribution in [0.25, 0.3) is 6.08 Å². The Morgan fingerprint density at radius 1 is 0.966 bits per heavy atom. The molecule has 2 amide bonds. The van der Waals surface area contributed by atoms with Crippen molar-refractivity contribution in [3.63, 3.8) is 0 Å². The fourth-order valence-electron chi connectivity index (χ4n) is 9.54. The molecule has 0 saturated carbocycles. The van der Waals surface area contributed by atoms with E-state index in [4.69, 9.17) is 13.9 Å². The average Bonchev–Trinajstić information content (AvgIpc) is 3.76. The van der Waals surface area contributed by atoms with Crippen molar-refractivity contribution in [1.82, 2.24) is 0 Å². The highest BCUT2D eigenvalue weighted by molar-refractivity contribution is 14.1. The van der Waals surface area contributed by atoms with Crippen LogP contribution in [0.2, 0.25) is 5.04 Å². The largest absolute Gasteiger partial charge is 0.504 e. The summed E-state index contributed by atoms with van der Waals surface area (Å²) >= 11 is 2.11. The number of methoxy groups -OCH3 is 1. The third kappa shape index (κ3) is 8.16. The van der Waals surface area contributed by atoms with Gasteiger partial charge >= 0.3 is 0 Å². The summed E-state index contributed by atoms with van der Waals surface area (Å²) in [5, 5.41) is 24.2. The maximum atomic E-state index is 14.5. The molecule has 59 heavy (non-hydrogen) atoms. The molecule has 2 heterocycles. The first-order valence-electron chi connectivity index (χ1n) is 20.3. The van der Waals surface area contributed by atoms with Gasteiger partial charge in [-0.3, -0.25) is 19.7 Å². The number of non-ortho nitro benzene ring substituents is 1. The summed E-state index contributed by atoms with van der Waals surface area (Å²) in [6, 6.07) is 30.4. The van der Waals surface area contributed by atoms with E-state index in [0.717, 1.165) is 51.2 Å². The predicted octanol–water partition coefficient (Wildman–Crippen LogP) is 8.98. The molecule has 2 fully saturated rings. The molecule has 0 aromatic heterocycles. The van der Waals surface area contributed by atoms with E-state index in [9.17, 15) is 24.8 Å². The Kier molecular flexibility index (Phi) is 12.6. The van der Waals surface area contributed by atoms with E-state index in [1.807, 2.05) is 24.3 Å². The molecule has 4 aromatic rings. The van der Waals surface area contributed by atoms with Gasteiger partial charge in [-0.1, -0.05) is 112 Å². The van der Waals surface area contributed by atoms with E-state index < -0.39 is 25.1 Å². The lowest BCUT2D eigenvalue weighted by Gasteiger charge is -2.44. The van der Waals surface area contributed by atoms with Crippen molar-refractivity contribution in [3.8, 4) is 11.5 Å². The summed E-state index contributed by atoms with van der Waals surface area (Å²) in [4.78, 5) is 41.2. The summed E-state index contributed by atoms with van der Waals surface area (Å²) in [6.45, 7) is 9.41. The normalized spacial score (nSPS) is 20.8. The lowest BCUT2D eigenvalue weighted by molar-refractivity contribution is -0.384. The van der Waals surface area contributed by atoms with Gasteiger partial charge in [-0.25, -0.2) is 4.90 Å². The number of phenolic OH excluding ortho intramolecular Hbond substituents is 1. The maximum absolute atomic E-state index is 14.5. The topological polar surface area (TPSA) is 128 Å². The highest BCUT2D eigenvalue weighted by atomic mass is 127. The number of carbonyl (C=O) groups is 2. The number of nitrogens with zero attached hydrogens (tertiary/aromatic N) is 2. The number of nitro benzene ring substituents is 1. The van der Waals surface area contributed by atoms with Crippen LogP contribution in [-0.4, -0.2) is 56.6 Å². The van der Waals surface area contributed by atoms with Crippen molar-refractivity contribution in [2.45, 2.75) is 70.9 Å². The van der Waals surface area contributed by atoms with Gasteiger partial charge < -0.3 is 19.0 Å². The molecular formula is C47H51IN2O8Si. The molecule has 4 aromatic carbocycles. The lowest BCUT2D eigenvalue weighted by atomic mass is 9.69. The Morgan fingerprint density at radius 2 is 1.64 bits per heavy atom. The second kappa shape index (κ2) is 17.5. The van der Waals surface area contributed by atoms with E-state index in [2.05, 4.69) is 105 Å². The molecule has 3 aliphatic rings. The first-order chi connectivity index (χ1) is 28.3. The molecular weight excluding hydrogens is 876 g/mol. The number of benzene rings is 4. The Labute approximate surface area is 360 Å². The number of carbonyl (C=O) groups excluding carboxylic acids is 2. The second-order valence-corrected chi connectivity index (χ2v) is 22.2. The number of phenols is 1. The lowest BCUT2D eigenvalue weighted by Crippen LogP contribution is -2.66. The fraction of sp³-hybridized carbons (Fsp3) is 0.362. The van der Waals surface area contributed by atoms with Crippen LogP contribution in [0, 0.1) is 31.4 Å². The quantitative estimate of drug-likeness (QED) is 0.0332. The molecule has 1 aliphatic carbocycles. The van der Waals surface area contributed by atoms with Gasteiger partial charge in [-0.2, -0.15) is 0 Å². The zero-order valence-corrected chi connectivity index (χ0v) is 37.3. The van der Waals surface area contributed by atoms with Crippen LogP contribution >= 0.6 is 22.6 Å². The standard InChI is InChI=1S/C47H51IN2O8Si/c1-6-14-30(23-31-24-39(48)44(51)41(25-31)56-5)21-22-40-42-32(28-58-59(47(2,3)4,35-17-9-7-10-18-35)36-19-11-8-12-20-36)26-37-43(38(42)29-57-40)46(53)49(45(37)52)33-15-13-16-34(27-33)50(54)55/h7-13,15-20,23-25,27,37-38,40,43,51H,6,14,21-22,26,28-29H2,1-5H3/b30-23+/t37-,38+,40-,43-/m1/s1. The number of ether oxygens (including phenoxy) is 2. The zero-order chi connectivity index (χ0) is 42.1. The monoisotopic (exact) mass is 926 g/mol. The summed E-state index contributed by atoms with van der Waals surface area (Å²) < 4.78 is 20.3. The first kappa shape index (κ1) is 42.5. The summed E-state index contributed by atoms with van der Waals surface area (Å²) in [6.07, 6.45) is 5.40. The summed E-state index contributed by atoms with van der Waals surface area (Å²) in [5.74, 6) is -1.82. The Morgan fingerprint density at radius 3 is 2.25 bits per heavy atom. The van der Waals surface area contributed by atoms with Gasteiger partial charge in [0.15, 0.2) is 11.5 Å². The molecule has 0 bridgehead atoms. The first-order valence-corrected chi connectivity index (χ1v) is 23.2. The molecule has 10 nitrogen and oxygen atoms in total. The molecule has 12 heteroatoms. The minimum atomic E-state index is -2.99. The van der Waals surface area contributed by atoms with Gasteiger partial charge in [-0.15, -0.1) is 0 Å². The van der Waals surface area contributed by atoms with E-state index in [1.54, 1.807) is 13.2 Å².